The number of aromatic nitrogens is 3. The predicted molar refractivity (Wildman–Crippen MR) is 108 cm³/mol. The Morgan fingerprint density at radius 2 is 1.96 bits per heavy atom. The topological polar surface area (TPSA) is 43.2 Å². The summed E-state index contributed by atoms with van der Waals surface area (Å²) in [4.78, 5) is 12.1. The smallest absolute Gasteiger partial charge is 0.121 e. The summed E-state index contributed by atoms with van der Waals surface area (Å²) in [5.74, 6) is 2.79. The molecule has 2 aliphatic heterocycles. The molecule has 0 atom stereocenters. The summed E-state index contributed by atoms with van der Waals surface area (Å²) in [6, 6.07) is 8.37. The van der Waals surface area contributed by atoms with Gasteiger partial charge in [0, 0.05) is 12.3 Å². The van der Waals surface area contributed by atoms with Gasteiger partial charge in [0.05, 0.1) is 37.0 Å². The van der Waals surface area contributed by atoms with Gasteiger partial charge in [0.25, 0.3) is 0 Å². The van der Waals surface area contributed by atoms with Crippen LogP contribution in [0, 0.1) is 11.8 Å². The van der Waals surface area contributed by atoms with Gasteiger partial charge < -0.3 is 4.74 Å². The van der Waals surface area contributed by atoms with Crippen molar-refractivity contribution in [2.24, 2.45) is 11.8 Å². The number of piperidine rings is 1. The maximum absolute atomic E-state index is 5.37. The number of aryl methyl sites for hydroxylation is 1. The summed E-state index contributed by atoms with van der Waals surface area (Å²) in [6.07, 6.45) is 5.54. The zero-order valence-electron chi connectivity index (χ0n) is 15.8. The number of nitrogens with zero attached hydrogens (tertiary/aromatic N) is 4. The first-order chi connectivity index (χ1) is 13.3. The van der Waals surface area contributed by atoms with Crippen molar-refractivity contribution in [3.8, 4) is 5.00 Å². The third-order valence-electron chi connectivity index (χ3n) is 6.03. The van der Waals surface area contributed by atoms with E-state index < -0.39 is 0 Å². The Balaban J connectivity index is 1.31. The van der Waals surface area contributed by atoms with Crippen molar-refractivity contribution >= 4 is 22.4 Å². The molecule has 2 fully saturated rings. The van der Waals surface area contributed by atoms with Gasteiger partial charge in [-0.3, -0.25) is 9.47 Å². The van der Waals surface area contributed by atoms with Crippen LogP contribution in [-0.2, 0) is 17.7 Å². The normalized spacial score (nSPS) is 19.6. The van der Waals surface area contributed by atoms with E-state index in [1.165, 1.54) is 41.5 Å². The van der Waals surface area contributed by atoms with Crippen LogP contribution in [0.4, 0.5) is 0 Å². The Kier molecular flexibility index (Phi) is 4.71. The fourth-order valence-corrected chi connectivity index (χ4v) is 5.33. The second kappa shape index (κ2) is 7.34. The first kappa shape index (κ1) is 17.3. The Labute approximate surface area is 164 Å². The van der Waals surface area contributed by atoms with Crippen LogP contribution in [0.3, 0.4) is 0 Å². The SMILES string of the molecule is CCc1nc2ccccc2n1-c1cnc(CN2CCC(C3COC3)CC2)s1. The second-order valence-electron chi connectivity index (χ2n) is 7.71. The molecule has 0 spiro atoms. The summed E-state index contributed by atoms with van der Waals surface area (Å²) in [7, 11) is 0. The minimum atomic E-state index is 0.820. The maximum Gasteiger partial charge on any atom is 0.121 e. The van der Waals surface area contributed by atoms with Gasteiger partial charge in [0.15, 0.2) is 0 Å². The highest BCUT2D eigenvalue weighted by atomic mass is 32.1. The molecule has 0 amide bonds. The third-order valence-corrected chi connectivity index (χ3v) is 7.00. The number of imidazole rings is 1. The molecular formula is C21H26N4OS. The third kappa shape index (κ3) is 3.30. The number of hydrogen-bond acceptors (Lipinski definition) is 5. The van der Waals surface area contributed by atoms with Crippen molar-refractivity contribution < 1.29 is 4.74 Å². The van der Waals surface area contributed by atoms with E-state index in [1.807, 2.05) is 6.20 Å². The molecule has 3 aromatic rings. The Hall–Kier alpha value is -1.76. The predicted octanol–water partition coefficient (Wildman–Crippen LogP) is 3.90. The first-order valence-electron chi connectivity index (χ1n) is 10.0. The molecule has 1 aromatic carbocycles. The number of rotatable bonds is 5. The van der Waals surface area contributed by atoms with Crippen molar-refractivity contribution in [3.05, 3.63) is 41.3 Å². The Morgan fingerprint density at radius 3 is 2.70 bits per heavy atom. The van der Waals surface area contributed by atoms with Gasteiger partial charge in [-0.05, 0) is 44.0 Å². The van der Waals surface area contributed by atoms with Gasteiger partial charge in [-0.15, -0.1) is 0 Å². The van der Waals surface area contributed by atoms with Crippen LogP contribution in [0.5, 0.6) is 0 Å². The lowest BCUT2D eigenvalue weighted by molar-refractivity contribution is -0.0726. The van der Waals surface area contributed by atoms with Crippen molar-refractivity contribution in [3.63, 3.8) is 0 Å². The Morgan fingerprint density at radius 1 is 1.15 bits per heavy atom. The summed E-state index contributed by atoms with van der Waals surface area (Å²) < 4.78 is 7.65. The maximum atomic E-state index is 5.37. The number of para-hydroxylation sites is 2. The largest absolute Gasteiger partial charge is 0.381 e. The lowest BCUT2D eigenvalue weighted by atomic mass is 9.83. The van der Waals surface area contributed by atoms with E-state index in [9.17, 15) is 0 Å². The van der Waals surface area contributed by atoms with E-state index in [2.05, 4.69) is 40.7 Å². The molecule has 142 valence electrons. The van der Waals surface area contributed by atoms with E-state index >= 15 is 0 Å². The highest BCUT2D eigenvalue weighted by Crippen LogP contribution is 2.31. The van der Waals surface area contributed by atoms with E-state index in [-0.39, 0.29) is 0 Å². The van der Waals surface area contributed by atoms with Crippen LogP contribution in [0.2, 0.25) is 0 Å². The lowest BCUT2D eigenvalue weighted by Gasteiger charge is -2.39. The van der Waals surface area contributed by atoms with Crippen molar-refractivity contribution in [1.82, 2.24) is 19.4 Å². The molecule has 0 bridgehead atoms. The molecule has 2 aliphatic rings. The molecule has 2 aromatic heterocycles. The fourth-order valence-electron chi connectivity index (χ4n) is 4.34. The molecule has 5 rings (SSSR count). The second-order valence-corrected chi connectivity index (χ2v) is 8.80. The van der Waals surface area contributed by atoms with Crippen LogP contribution in [0.25, 0.3) is 16.0 Å². The van der Waals surface area contributed by atoms with Gasteiger partial charge in [0.2, 0.25) is 0 Å². The number of ether oxygens (including phenoxy) is 1. The van der Waals surface area contributed by atoms with Gasteiger partial charge in [-0.2, -0.15) is 0 Å². The minimum Gasteiger partial charge on any atom is -0.381 e. The minimum absolute atomic E-state index is 0.820. The van der Waals surface area contributed by atoms with E-state index in [0.29, 0.717) is 0 Å². The Bertz CT molecular complexity index is 921. The highest BCUT2D eigenvalue weighted by Gasteiger charge is 2.31. The molecule has 27 heavy (non-hydrogen) atoms. The first-order valence-corrected chi connectivity index (χ1v) is 10.8. The monoisotopic (exact) mass is 382 g/mol. The molecule has 2 saturated heterocycles. The zero-order valence-corrected chi connectivity index (χ0v) is 16.6. The summed E-state index contributed by atoms with van der Waals surface area (Å²) in [5, 5.41) is 2.38. The van der Waals surface area contributed by atoms with E-state index in [0.717, 1.165) is 49.4 Å². The number of thiazole rings is 1. The molecule has 0 saturated carbocycles. The van der Waals surface area contributed by atoms with Crippen LogP contribution in [-0.4, -0.2) is 45.7 Å². The van der Waals surface area contributed by atoms with Gasteiger partial charge >= 0.3 is 0 Å². The van der Waals surface area contributed by atoms with Crippen LogP contribution in [0.15, 0.2) is 30.5 Å². The molecule has 5 nitrogen and oxygen atoms in total. The average Bonchev–Trinajstić information content (AvgIpc) is 3.25. The molecule has 0 unspecified atom stereocenters. The zero-order chi connectivity index (χ0) is 18.2. The summed E-state index contributed by atoms with van der Waals surface area (Å²) in [6.45, 7) is 7.47. The van der Waals surface area contributed by atoms with Gasteiger partial charge in [-0.25, -0.2) is 9.97 Å². The lowest BCUT2D eigenvalue weighted by Crippen LogP contribution is -2.41. The number of hydrogen-bond donors (Lipinski definition) is 0. The quantitative estimate of drug-likeness (QED) is 0.671. The molecule has 0 aliphatic carbocycles. The molecule has 4 heterocycles. The van der Waals surface area contributed by atoms with Gasteiger partial charge in [-0.1, -0.05) is 30.4 Å². The molecule has 0 radical (unpaired) electrons. The number of fused-ring (bicyclic) bond motifs is 1. The van der Waals surface area contributed by atoms with E-state index in [4.69, 9.17) is 14.7 Å². The van der Waals surface area contributed by atoms with Crippen LogP contribution >= 0.6 is 11.3 Å². The molecular weight excluding hydrogens is 356 g/mol. The van der Waals surface area contributed by atoms with Crippen LogP contribution < -0.4 is 0 Å². The van der Waals surface area contributed by atoms with Crippen molar-refractivity contribution in [1.29, 1.82) is 0 Å². The van der Waals surface area contributed by atoms with Crippen molar-refractivity contribution in [2.45, 2.75) is 32.7 Å². The summed E-state index contributed by atoms with van der Waals surface area (Å²) in [5.41, 5.74) is 2.24. The average molecular weight is 383 g/mol. The highest BCUT2D eigenvalue weighted by molar-refractivity contribution is 7.14. The fraction of sp³-hybridized carbons (Fsp3) is 0.524. The van der Waals surface area contributed by atoms with Crippen LogP contribution in [0.1, 0.15) is 30.6 Å². The number of likely N-dealkylation sites (tertiary alicyclic amines) is 1. The molecule has 6 heteroatoms. The summed E-state index contributed by atoms with van der Waals surface area (Å²) >= 11 is 1.80. The standard InChI is InChI=1S/C21H26N4OS/c1-2-19-23-17-5-3-4-6-18(17)25(19)21-11-22-20(27-21)12-24-9-7-15(8-10-24)16-13-26-14-16/h3-6,11,15-16H,2,7-10,12-14H2,1H3. The van der Waals surface area contributed by atoms with Gasteiger partial charge in [0.1, 0.15) is 15.8 Å². The molecule has 0 N–H and O–H groups in total. The van der Waals surface area contributed by atoms with E-state index in [1.54, 1.807) is 11.3 Å². The number of benzene rings is 1. The van der Waals surface area contributed by atoms with Crippen molar-refractivity contribution in [2.75, 3.05) is 26.3 Å².